The van der Waals surface area contributed by atoms with Gasteiger partial charge in [0.2, 0.25) is 5.91 Å². The zero-order chi connectivity index (χ0) is 19.4. The van der Waals surface area contributed by atoms with Gasteiger partial charge in [0.25, 0.3) is 0 Å². The van der Waals surface area contributed by atoms with E-state index in [1.807, 2.05) is 13.1 Å². The minimum Gasteiger partial charge on any atom is -0.371 e. The van der Waals surface area contributed by atoms with Gasteiger partial charge < -0.3 is 10.2 Å². The molecule has 7 heteroatoms. The number of ketones is 1. The van der Waals surface area contributed by atoms with E-state index in [-0.39, 0.29) is 17.6 Å². The van der Waals surface area contributed by atoms with Crippen molar-refractivity contribution in [1.29, 1.82) is 5.26 Å². The lowest BCUT2D eigenvalue weighted by Crippen LogP contribution is -2.38. The summed E-state index contributed by atoms with van der Waals surface area (Å²) < 4.78 is 1.77. The molecule has 0 radical (unpaired) electrons. The maximum Gasteiger partial charge on any atom is 0.227 e. The minimum absolute atomic E-state index is 0.00266. The molecule has 1 N–H and O–H groups in total. The van der Waals surface area contributed by atoms with E-state index in [1.165, 1.54) is 6.92 Å². The summed E-state index contributed by atoms with van der Waals surface area (Å²) in [7, 11) is 0. The Hall–Kier alpha value is -3.14. The number of aromatic nitrogens is 2. The Morgan fingerprint density at radius 1 is 1.33 bits per heavy atom. The maximum atomic E-state index is 12.5. The van der Waals surface area contributed by atoms with Crippen LogP contribution < -0.4 is 10.2 Å². The average Bonchev–Trinajstić information content (AvgIpc) is 3.15. The summed E-state index contributed by atoms with van der Waals surface area (Å²) in [6.07, 6.45) is 4.87. The molecule has 0 spiro atoms. The molecule has 140 valence electrons. The van der Waals surface area contributed by atoms with E-state index in [4.69, 9.17) is 5.26 Å². The highest BCUT2D eigenvalue weighted by atomic mass is 16.2. The normalized spacial score (nSPS) is 14.6. The van der Waals surface area contributed by atoms with Gasteiger partial charge in [0.05, 0.1) is 23.5 Å². The zero-order valence-electron chi connectivity index (χ0n) is 15.6. The number of carbonyl (C=O) groups excluding carboxylic acids is 2. The standard InChI is InChI=1S/C20H23N5O2/c1-3-25-13-17(12-22-25)23-20(27)16-6-8-24(9-7-16)19-10-15(11-21)4-5-18(19)14(2)26/h4-5,10,12-13,16H,3,6-9H2,1-2H3,(H,23,27). The van der Waals surface area contributed by atoms with Crippen molar-refractivity contribution < 1.29 is 9.59 Å². The first-order valence-corrected chi connectivity index (χ1v) is 9.15. The van der Waals surface area contributed by atoms with E-state index in [2.05, 4.69) is 21.4 Å². The van der Waals surface area contributed by atoms with E-state index < -0.39 is 0 Å². The molecular weight excluding hydrogens is 342 g/mol. The maximum absolute atomic E-state index is 12.5. The molecule has 7 nitrogen and oxygen atoms in total. The number of anilines is 2. The lowest BCUT2D eigenvalue weighted by molar-refractivity contribution is -0.120. The number of amides is 1. The number of nitriles is 1. The smallest absolute Gasteiger partial charge is 0.227 e. The number of aryl methyl sites for hydroxylation is 1. The Labute approximate surface area is 158 Å². The number of hydrogen-bond donors (Lipinski definition) is 1. The van der Waals surface area contributed by atoms with E-state index >= 15 is 0 Å². The van der Waals surface area contributed by atoms with Crippen LogP contribution in [-0.2, 0) is 11.3 Å². The van der Waals surface area contributed by atoms with Gasteiger partial charge in [-0.1, -0.05) is 0 Å². The summed E-state index contributed by atoms with van der Waals surface area (Å²) in [6, 6.07) is 7.26. The molecular formula is C20H23N5O2. The Kier molecular flexibility index (Phi) is 5.55. The van der Waals surface area contributed by atoms with Crippen LogP contribution in [0, 0.1) is 17.2 Å². The Bertz CT molecular complexity index is 888. The quantitative estimate of drug-likeness (QED) is 0.823. The predicted molar refractivity (Wildman–Crippen MR) is 103 cm³/mol. The molecule has 1 fully saturated rings. The summed E-state index contributed by atoms with van der Waals surface area (Å²) in [5, 5.41) is 16.2. The third-order valence-electron chi connectivity index (χ3n) is 4.94. The Morgan fingerprint density at radius 2 is 2.07 bits per heavy atom. The van der Waals surface area contributed by atoms with Crippen molar-refractivity contribution in [3.05, 3.63) is 41.7 Å². The summed E-state index contributed by atoms with van der Waals surface area (Å²) in [5.74, 6) is -0.101. The average molecular weight is 365 g/mol. The fourth-order valence-corrected chi connectivity index (χ4v) is 3.39. The van der Waals surface area contributed by atoms with E-state index in [0.717, 1.165) is 12.2 Å². The van der Waals surface area contributed by atoms with Crippen LogP contribution in [0.15, 0.2) is 30.6 Å². The van der Waals surface area contributed by atoms with Gasteiger partial charge in [0, 0.05) is 43.0 Å². The first kappa shape index (κ1) is 18.6. The number of benzene rings is 1. The monoisotopic (exact) mass is 365 g/mol. The molecule has 0 unspecified atom stereocenters. The molecule has 1 aliphatic heterocycles. The molecule has 1 saturated heterocycles. The molecule has 2 aromatic rings. The summed E-state index contributed by atoms with van der Waals surface area (Å²) >= 11 is 0. The van der Waals surface area contributed by atoms with Gasteiger partial charge in [0.15, 0.2) is 5.78 Å². The second kappa shape index (κ2) is 8.04. The first-order valence-electron chi connectivity index (χ1n) is 9.15. The Morgan fingerprint density at radius 3 is 2.67 bits per heavy atom. The van der Waals surface area contributed by atoms with Gasteiger partial charge in [-0.3, -0.25) is 14.3 Å². The highest BCUT2D eigenvalue weighted by Crippen LogP contribution is 2.28. The zero-order valence-corrected chi connectivity index (χ0v) is 15.6. The van der Waals surface area contributed by atoms with Crippen molar-refractivity contribution in [1.82, 2.24) is 9.78 Å². The molecule has 1 aromatic heterocycles. The van der Waals surface area contributed by atoms with Crippen molar-refractivity contribution in [2.24, 2.45) is 5.92 Å². The number of piperidine rings is 1. The van der Waals surface area contributed by atoms with Crippen molar-refractivity contribution in [2.45, 2.75) is 33.2 Å². The molecule has 2 heterocycles. The van der Waals surface area contributed by atoms with Crippen LogP contribution >= 0.6 is 0 Å². The molecule has 1 aliphatic rings. The van der Waals surface area contributed by atoms with Crippen LogP contribution in [0.1, 0.15) is 42.6 Å². The molecule has 0 bridgehead atoms. The molecule has 0 atom stereocenters. The summed E-state index contributed by atoms with van der Waals surface area (Å²) in [5.41, 5.74) is 2.64. The highest BCUT2D eigenvalue weighted by molar-refractivity contribution is 6.00. The lowest BCUT2D eigenvalue weighted by Gasteiger charge is -2.34. The van der Waals surface area contributed by atoms with Gasteiger partial charge in [0.1, 0.15) is 0 Å². The van der Waals surface area contributed by atoms with Gasteiger partial charge in [-0.05, 0) is 44.9 Å². The van der Waals surface area contributed by atoms with Crippen molar-refractivity contribution in [2.75, 3.05) is 23.3 Å². The third kappa shape index (κ3) is 4.17. The van der Waals surface area contributed by atoms with Crippen LogP contribution in [0.5, 0.6) is 0 Å². The number of carbonyl (C=O) groups is 2. The number of hydrogen-bond acceptors (Lipinski definition) is 5. The largest absolute Gasteiger partial charge is 0.371 e. The van der Waals surface area contributed by atoms with Crippen LogP contribution in [-0.4, -0.2) is 34.6 Å². The fourth-order valence-electron chi connectivity index (χ4n) is 3.39. The molecule has 27 heavy (non-hydrogen) atoms. The van der Waals surface area contributed by atoms with Gasteiger partial charge in [-0.15, -0.1) is 0 Å². The molecule has 0 saturated carbocycles. The first-order chi connectivity index (χ1) is 13.0. The number of rotatable bonds is 5. The van der Waals surface area contributed by atoms with Gasteiger partial charge in [-0.25, -0.2) is 0 Å². The molecule has 1 amide bonds. The van der Waals surface area contributed by atoms with Gasteiger partial charge in [-0.2, -0.15) is 10.4 Å². The van der Waals surface area contributed by atoms with Crippen molar-refractivity contribution in [3.63, 3.8) is 0 Å². The van der Waals surface area contributed by atoms with E-state index in [0.29, 0.717) is 42.7 Å². The second-order valence-electron chi connectivity index (χ2n) is 6.74. The Balaban J connectivity index is 1.66. The SMILES string of the molecule is CCn1cc(NC(=O)C2CCN(c3cc(C#N)ccc3C(C)=O)CC2)cn1. The van der Waals surface area contributed by atoms with Crippen LogP contribution in [0.4, 0.5) is 11.4 Å². The minimum atomic E-state index is -0.0776. The fraction of sp³-hybridized carbons (Fsp3) is 0.400. The number of nitrogens with one attached hydrogen (secondary N) is 1. The molecule has 3 rings (SSSR count). The van der Waals surface area contributed by atoms with Gasteiger partial charge >= 0.3 is 0 Å². The van der Waals surface area contributed by atoms with Crippen LogP contribution in [0.2, 0.25) is 0 Å². The molecule has 1 aromatic carbocycles. The third-order valence-corrected chi connectivity index (χ3v) is 4.94. The summed E-state index contributed by atoms with van der Waals surface area (Å²) in [6.45, 7) is 5.61. The highest BCUT2D eigenvalue weighted by Gasteiger charge is 2.27. The summed E-state index contributed by atoms with van der Waals surface area (Å²) in [4.78, 5) is 26.5. The van der Waals surface area contributed by atoms with E-state index in [1.54, 1.807) is 29.1 Å². The number of Topliss-reactive ketones (excluding diaryl/α,β-unsaturated/α-hetero) is 1. The van der Waals surface area contributed by atoms with Crippen molar-refractivity contribution in [3.8, 4) is 6.07 Å². The number of nitrogens with zero attached hydrogens (tertiary/aromatic N) is 4. The predicted octanol–water partition coefficient (Wildman–Crippen LogP) is 2.83. The van der Waals surface area contributed by atoms with Crippen LogP contribution in [0.25, 0.3) is 0 Å². The second-order valence-corrected chi connectivity index (χ2v) is 6.74. The van der Waals surface area contributed by atoms with Crippen LogP contribution in [0.3, 0.4) is 0 Å². The topological polar surface area (TPSA) is 91.0 Å². The van der Waals surface area contributed by atoms with Crippen molar-refractivity contribution >= 4 is 23.1 Å². The van der Waals surface area contributed by atoms with E-state index in [9.17, 15) is 9.59 Å². The molecule has 0 aliphatic carbocycles. The lowest BCUT2D eigenvalue weighted by atomic mass is 9.94.